The number of ketones is 1. The SMILES string of the molecule is CC(=O)CCC(=O)NC(C)(C(O)O)C(O)[C@H](O)CCO. The van der Waals surface area contributed by atoms with Gasteiger partial charge in [-0.25, -0.2) is 0 Å². The molecule has 0 aromatic heterocycles. The summed E-state index contributed by atoms with van der Waals surface area (Å²) in [6.07, 6.45) is -5.64. The van der Waals surface area contributed by atoms with Gasteiger partial charge in [0, 0.05) is 19.4 Å². The Morgan fingerprint density at radius 2 is 1.70 bits per heavy atom. The van der Waals surface area contributed by atoms with Crippen LogP contribution in [0.4, 0.5) is 0 Å². The van der Waals surface area contributed by atoms with E-state index in [4.69, 9.17) is 5.11 Å². The van der Waals surface area contributed by atoms with E-state index in [1.54, 1.807) is 0 Å². The van der Waals surface area contributed by atoms with Gasteiger partial charge in [-0.15, -0.1) is 0 Å². The maximum absolute atomic E-state index is 11.6. The Morgan fingerprint density at radius 3 is 2.10 bits per heavy atom. The van der Waals surface area contributed by atoms with Crippen LogP contribution in [0.3, 0.4) is 0 Å². The van der Waals surface area contributed by atoms with Crippen molar-refractivity contribution < 1.29 is 35.1 Å². The van der Waals surface area contributed by atoms with Crippen LogP contribution in [0.5, 0.6) is 0 Å². The summed E-state index contributed by atoms with van der Waals surface area (Å²) in [5.41, 5.74) is -1.91. The Labute approximate surface area is 117 Å². The molecule has 0 fully saturated rings. The van der Waals surface area contributed by atoms with Crippen molar-refractivity contribution in [1.82, 2.24) is 5.32 Å². The first kappa shape index (κ1) is 18.9. The molecule has 118 valence electrons. The summed E-state index contributed by atoms with van der Waals surface area (Å²) in [6.45, 7) is 2.05. The molecule has 0 saturated heterocycles. The number of amides is 1. The smallest absolute Gasteiger partial charge is 0.221 e. The first-order chi connectivity index (χ1) is 9.15. The lowest BCUT2D eigenvalue weighted by atomic mass is 9.88. The normalized spacial score (nSPS) is 17.4. The molecule has 8 heteroatoms. The van der Waals surface area contributed by atoms with E-state index in [0.717, 1.165) is 6.92 Å². The Bertz CT molecular complexity index is 334. The van der Waals surface area contributed by atoms with E-state index in [0.29, 0.717) is 0 Å². The summed E-state index contributed by atoms with van der Waals surface area (Å²) in [6, 6.07) is 0. The van der Waals surface area contributed by atoms with Crippen molar-refractivity contribution in [3.63, 3.8) is 0 Å². The van der Waals surface area contributed by atoms with Gasteiger partial charge in [-0.05, 0) is 20.3 Å². The van der Waals surface area contributed by atoms with Crippen LogP contribution in [0, 0.1) is 0 Å². The van der Waals surface area contributed by atoms with Crippen LogP contribution >= 0.6 is 0 Å². The third kappa shape index (κ3) is 5.51. The van der Waals surface area contributed by atoms with Crippen molar-refractivity contribution in [2.45, 2.75) is 57.1 Å². The molecule has 0 bridgehead atoms. The Morgan fingerprint density at radius 1 is 1.15 bits per heavy atom. The van der Waals surface area contributed by atoms with Gasteiger partial charge in [0.2, 0.25) is 5.91 Å². The molecule has 0 heterocycles. The highest BCUT2D eigenvalue weighted by Crippen LogP contribution is 2.19. The fraction of sp³-hybridized carbons (Fsp3) is 0.833. The first-order valence-corrected chi connectivity index (χ1v) is 6.28. The number of aliphatic hydroxyl groups excluding tert-OH is 4. The minimum absolute atomic E-state index is 0.0152. The van der Waals surface area contributed by atoms with Crippen LogP contribution in [0.25, 0.3) is 0 Å². The average molecular weight is 293 g/mol. The molecule has 0 aliphatic rings. The second-order valence-corrected chi connectivity index (χ2v) is 4.93. The largest absolute Gasteiger partial charge is 0.396 e. The monoisotopic (exact) mass is 293 g/mol. The summed E-state index contributed by atoms with van der Waals surface area (Å²) < 4.78 is 0. The molecule has 3 atom stereocenters. The minimum atomic E-state index is -2.13. The summed E-state index contributed by atoms with van der Waals surface area (Å²) in [5.74, 6) is -0.863. The molecule has 0 spiro atoms. The molecule has 0 aromatic rings. The standard InChI is InChI=1S/C12H23NO7/c1-7(15)3-4-9(17)13-12(2,11(19)20)10(18)8(16)5-6-14/h8,10-11,14,16,18-20H,3-6H2,1-2H3,(H,13,17)/t8-,10?,12?/m1/s1. The van der Waals surface area contributed by atoms with E-state index in [9.17, 15) is 30.0 Å². The van der Waals surface area contributed by atoms with Crippen molar-refractivity contribution in [2.75, 3.05) is 6.61 Å². The van der Waals surface area contributed by atoms with Gasteiger partial charge in [-0.3, -0.25) is 4.79 Å². The van der Waals surface area contributed by atoms with Crippen molar-refractivity contribution >= 4 is 11.7 Å². The van der Waals surface area contributed by atoms with Crippen molar-refractivity contribution in [3.05, 3.63) is 0 Å². The number of nitrogens with one attached hydrogen (secondary N) is 1. The number of rotatable bonds is 9. The molecular weight excluding hydrogens is 270 g/mol. The molecule has 6 N–H and O–H groups in total. The maximum Gasteiger partial charge on any atom is 0.221 e. The number of carbonyl (C=O) groups excluding carboxylic acids is 2. The lowest BCUT2D eigenvalue weighted by Crippen LogP contribution is -2.65. The van der Waals surface area contributed by atoms with Crippen LogP contribution in [0.15, 0.2) is 0 Å². The Hall–Kier alpha value is -1.06. The molecule has 8 nitrogen and oxygen atoms in total. The summed E-state index contributed by atoms with van der Waals surface area (Å²) in [5, 5.41) is 49.0. The van der Waals surface area contributed by atoms with Crippen molar-refractivity contribution in [2.24, 2.45) is 0 Å². The third-order valence-corrected chi connectivity index (χ3v) is 3.05. The Kier molecular flexibility index (Phi) is 7.84. The van der Waals surface area contributed by atoms with Crippen molar-refractivity contribution in [1.29, 1.82) is 0 Å². The van der Waals surface area contributed by atoms with Gasteiger partial charge in [-0.2, -0.15) is 0 Å². The van der Waals surface area contributed by atoms with Gasteiger partial charge in [0.25, 0.3) is 0 Å². The average Bonchev–Trinajstić information content (AvgIpc) is 2.35. The number of carbonyl (C=O) groups is 2. The van der Waals surface area contributed by atoms with E-state index < -0.39 is 36.6 Å². The number of Topliss-reactive ketones (excluding diaryl/α,β-unsaturated/α-hetero) is 1. The summed E-state index contributed by atoms with van der Waals surface area (Å²) >= 11 is 0. The number of hydrogen-bond donors (Lipinski definition) is 6. The minimum Gasteiger partial charge on any atom is -0.396 e. The van der Waals surface area contributed by atoms with Crippen LogP contribution in [-0.2, 0) is 9.59 Å². The maximum atomic E-state index is 11.6. The number of hydrogen-bond acceptors (Lipinski definition) is 7. The molecule has 20 heavy (non-hydrogen) atoms. The molecule has 0 aliphatic carbocycles. The van der Waals surface area contributed by atoms with Crippen LogP contribution in [0.2, 0.25) is 0 Å². The van der Waals surface area contributed by atoms with Gasteiger partial charge in [-0.1, -0.05) is 0 Å². The predicted octanol–water partition coefficient (Wildman–Crippen LogP) is -2.35. The molecule has 1 amide bonds. The van der Waals surface area contributed by atoms with Crippen LogP contribution in [0.1, 0.15) is 33.1 Å². The number of aliphatic hydroxyl groups is 5. The highest BCUT2D eigenvalue weighted by atomic mass is 16.5. The zero-order valence-electron chi connectivity index (χ0n) is 11.6. The predicted molar refractivity (Wildman–Crippen MR) is 68.4 cm³/mol. The van der Waals surface area contributed by atoms with E-state index in [-0.39, 0.29) is 25.0 Å². The lowest BCUT2D eigenvalue weighted by molar-refractivity contribution is -0.169. The van der Waals surface area contributed by atoms with Gasteiger partial charge in [0.05, 0.1) is 6.10 Å². The molecule has 0 aliphatic heterocycles. The van der Waals surface area contributed by atoms with E-state index in [1.165, 1.54) is 6.92 Å². The van der Waals surface area contributed by atoms with Crippen LogP contribution in [-0.4, -0.2) is 67.9 Å². The quantitative estimate of drug-likeness (QED) is 0.261. The molecule has 0 rings (SSSR count). The molecule has 0 saturated carbocycles. The second-order valence-electron chi connectivity index (χ2n) is 4.93. The van der Waals surface area contributed by atoms with E-state index >= 15 is 0 Å². The van der Waals surface area contributed by atoms with E-state index in [2.05, 4.69) is 5.32 Å². The van der Waals surface area contributed by atoms with Crippen molar-refractivity contribution in [3.8, 4) is 0 Å². The molecule has 0 aromatic carbocycles. The highest BCUT2D eigenvalue weighted by Gasteiger charge is 2.44. The second kappa shape index (κ2) is 8.28. The topological polar surface area (TPSA) is 147 Å². The van der Waals surface area contributed by atoms with Gasteiger partial charge in [0.1, 0.15) is 17.4 Å². The molecule has 2 unspecified atom stereocenters. The van der Waals surface area contributed by atoms with Gasteiger partial charge >= 0.3 is 0 Å². The highest BCUT2D eigenvalue weighted by molar-refractivity contribution is 5.83. The van der Waals surface area contributed by atoms with Gasteiger partial charge < -0.3 is 35.6 Å². The Balaban J connectivity index is 4.83. The summed E-state index contributed by atoms with van der Waals surface area (Å²) in [4.78, 5) is 22.4. The molecular formula is C12H23NO7. The zero-order chi connectivity index (χ0) is 15.9. The van der Waals surface area contributed by atoms with Crippen LogP contribution < -0.4 is 5.32 Å². The lowest BCUT2D eigenvalue weighted by Gasteiger charge is -2.38. The fourth-order valence-corrected chi connectivity index (χ4v) is 1.63. The van der Waals surface area contributed by atoms with E-state index in [1.807, 2.05) is 0 Å². The summed E-state index contributed by atoms with van der Waals surface area (Å²) in [7, 11) is 0. The zero-order valence-corrected chi connectivity index (χ0v) is 11.6. The molecule has 0 radical (unpaired) electrons. The fourth-order valence-electron chi connectivity index (χ4n) is 1.63. The van der Waals surface area contributed by atoms with Gasteiger partial charge in [0.15, 0.2) is 6.29 Å². The third-order valence-electron chi connectivity index (χ3n) is 3.05. The first-order valence-electron chi connectivity index (χ1n) is 6.28.